The van der Waals surface area contributed by atoms with E-state index in [1.807, 2.05) is 45.8 Å². The number of aryl methyl sites for hydroxylation is 1. The van der Waals surface area contributed by atoms with Crippen LogP contribution in [0.15, 0.2) is 60.0 Å². The highest BCUT2D eigenvalue weighted by atomic mass is 16.2. The molecule has 1 amide bonds. The number of carbonyl (C=O) groups excluding carboxylic acids is 1. The summed E-state index contributed by atoms with van der Waals surface area (Å²) < 4.78 is 3.79. The van der Waals surface area contributed by atoms with Crippen LogP contribution in [0.2, 0.25) is 0 Å². The Labute approximate surface area is 180 Å². The molecule has 2 atom stereocenters. The van der Waals surface area contributed by atoms with Gasteiger partial charge in [0, 0.05) is 62.9 Å². The van der Waals surface area contributed by atoms with Crippen LogP contribution in [0.3, 0.4) is 0 Å². The molecule has 2 aliphatic heterocycles. The third-order valence-electron chi connectivity index (χ3n) is 6.26. The van der Waals surface area contributed by atoms with Crippen molar-refractivity contribution >= 4 is 11.7 Å². The molecule has 0 unspecified atom stereocenters. The Bertz CT molecular complexity index is 1110. The van der Waals surface area contributed by atoms with Crippen LogP contribution in [-0.4, -0.2) is 44.6 Å². The van der Waals surface area contributed by atoms with Gasteiger partial charge in [-0.2, -0.15) is 0 Å². The number of fused-ring (bicyclic) bond motifs is 4. The van der Waals surface area contributed by atoms with Crippen molar-refractivity contribution in [2.45, 2.75) is 31.8 Å². The third-order valence-corrected chi connectivity index (χ3v) is 6.26. The lowest BCUT2D eigenvalue weighted by Gasteiger charge is -2.43. The number of hydrogen-bond donors (Lipinski definition) is 1. The van der Waals surface area contributed by atoms with E-state index in [0.717, 1.165) is 44.0 Å². The topological polar surface area (TPSA) is 85.0 Å². The van der Waals surface area contributed by atoms with E-state index in [0.29, 0.717) is 19.0 Å². The van der Waals surface area contributed by atoms with Crippen molar-refractivity contribution in [1.29, 1.82) is 0 Å². The number of piperidine rings is 1. The van der Waals surface area contributed by atoms with Crippen LogP contribution in [-0.2, 0) is 13.1 Å². The molecule has 0 aliphatic carbocycles. The fraction of sp³-hybridized carbons (Fsp3) is 0.391. The number of rotatable bonds is 6. The molecule has 8 nitrogen and oxygen atoms in total. The second kappa shape index (κ2) is 8.37. The van der Waals surface area contributed by atoms with Crippen molar-refractivity contribution in [1.82, 2.24) is 24.4 Å². The summed E-state index contributed by atoms with van der Waals surface area (Å²) in [7, 11) is 0. The molecule has 1 fully saturated rings. The van der Waals surface area contributed by atoms with Gasteiger partial charge < -0.3 is 19.4 Å². The number of anilines is 1. The van der Waals surface area contributed by atoms with Gasteiger partial charge in [0.25, 0.3) is 11.5 Å². The number of amides is 1. The SMILES string of the molecule is O=C(NCCCn1ccnc1)c1ccc2n(c1=O)C[C@H]1C[C@@H]2CN(c2ccccn2)C1. The summed E-state index contributed by atoms with van der Waals surface area (Å²) in [5.41, 5.74) is 1.08. The van der Waals surface area contributed by atoms with E-state index in [9.17, 15) is 9.59 Å². The highest BCUT2D eigenvalue weighted by Crippen LogP contribution is 2.36. The molecule has 160 valence electrons. The Kier molecular flexibility index (Phi) is 5.28. The minimum atomic E-state index is -0.295. The molecule has 0 aromatic carbocycles. The standard InChI is InChI=1S/C23H26N6O2/c30-22(26-8-3-10-27-11-9-24-16-27)19-5-6-20-18-12-17(14-29(20)23(19)31)13-28(15-18)21-4-1-2-7-25-21/h1-2,4-7,9,11,16-18H,3,8,10,12-15H2,(H,26,30)/t17-,18+/m0/s1. The Balaban J connectivity index is 1.28. The predicted molar refractivity (Wildman–Crippen MR) is 117 cm³/mol. The average Bonchev–Trinajstić information content (AvgIpc) is 3.31. The van der Waals surface area contributed by atoms with Crippen molar-refractivity contribution in [3.8, 4) is 0 Å². The maximum atomic E-state index is 13.1. The molecular formula is C23H26N6O2. The molecule has 5 rings (SSSR count). The van der Waals surface area contributed by atoms with Crippen molar-refractivity contribution in [3.05, 3.63) is 76.9 Å². The van der Waals surface area contributed by atoms with Gasteiger partial charge in [0.1, 0.15) is 11.4 Å². The van der Waals surface area contributed by atoms with E-state index in [-0.39, 0.29) is 22.9 Å². The van der Waals surface area contributed by atoms with Gasteiger partial charge in [0.05, 0.1) is 6.33 Å². The Morgan fingerprint density at radius 1 is 1.13 bits per heavy atom. The Morgan fingerprint density at radius 2 is 2.06 bits per heavy atom. The first-order valence-electron chi connectivity index (χ1n) is 10.8. The number of imidazole rings is 1. The molecular weight excluding hydrogens is 392 g/mol. The summed E-state index contributed by atoms with van der Waals surface area (Å²) in [4.78, 5) is 36.6. The van der Waals surface area contributed by atoms with E-state index in [1.54, 1.807) is 18.6 Å². The first-order valence-corrected chi connectivity index (χ1v) is 10.8. The second-order valence-corrected chi connectivity index (χ2v) is 8.39. The molecule has 2 aliphatic rings. The molecule has 0 radical (unpaired) electrons. The Morgan fingerprint density at radius 3 is 2.87 bits per heavy atom. The van der Waals surface area contributed by atoms with E-state index < -0.39 is 0 Å². The quantitative estimate of drug-likeness (QED) is 0.618. The fourth-order valence-electron chi connectivity index (χ4n) is 4.82. The summed E-state index contributed by atoms with van der Waals surface area (Å²) >= 11 is 0. The monoisotopic (exact) mass is 418 g/mol. The molecule has 31 heavy (non-hydrogen) atoms. The van der Waals surface area contributed by atoms with Gasteiger partial charge in [-0.3, -0.25) is 9.59 Å². The number of aromatic nitrogens is 4. The van der Waals surface area contributed by atoms with Crippen LogP contribution in [0.5, 0.6) is 0 Å². The number of pyridine rings is 2. The molecule has 1 N–H and O–H groups in total. The number of hydrogen-bond acceptors (Lipinski definition) is 5. The normalized spacial score (nSPS) is 19.7. The van der Waals surface area contributed by atoms with Gasteiger partial charge in [-0.15, -0.1) is 0 Å². The number of nitrogens with zero attached hydrogens (tertiary/aromatic N) is 5. The smallest absolute Gasteiger partial charge is 0.263 e. The molecule has 3 aromatic rings. The zero-order chi connectivity index (χ0) is 21.2. The number of carbonyl (C=O) groups is 1. The van der Waals surface area contributed by atoms with Gasteiger partial charge in [0.15, 0.2) is 0 Å². The lowest BCUT2D eigenvalue weighted by atomic mass is 9.83. The zero-order valence-corrected chi connectivity index (χ0v) is 17.4. The highest BCUT2D eigenvalue weighted by Gasteiger charge is 2.35. The molecule has 8 heteroatoms. The zero-order valence-electron chi connectivity index (χ0n) is 17.4. The largest absolute Gasteiger partial charge is 0.356 e. The van der Waals surface area contributed by atoms with Crippen LogP contribution in [0.1, 0.15) is 34.8 Å². The van der Waals surface area contributed by atoms with Gasteiger partial charge in [-0.25, -0.2) is 9.97 Å². The molecule has 3 aromatic heterocycles. The maximum absolute atomic E-state index is 13.1. The molecule has 5 heterocycles. The summed E-state index contributed by atoms with van der Waals surface area (Å²) in [5.74, 6) is 1.34. The highest BCUT2D eigenvalue weighted by molar-refractivity contribution is 5.93. The lowest BCUT2D eigenvalue weighted by molar-refractivity contribution is 0.0950. The van der Waals surface area contributed by atoms with Crippen LogP contribution in [0, 0.1) is 5.92 Å². The number of nitrogens with one attached hydrogen (secondary N) is 1. The van der Waals surface area contributed by atoms with Crippen molar-refractivity contribution in [2.75, 3.05) is 24.5 Å². The summed E-state index contributed by atoms with van der Waals surface area (Å²) in [6, 6.07) is 9.62. The van der Waals surface area contributed by atoms with Crippen molar-refractivity contribution < 1.29 is 4.79 Å². The van der Waals surface area contributed by atoms with Crippen LogP contribution >= 0.6 is 0 Å². The maximum Gasteiger partial charge on any atom is 0.263 e. The van der Waals surface area contributed by atoms with E-state index in [1.165, 1.54) is 0 Å². The fourth-order valence-corrected chi connectivity index (χ4v) is 4.82. The first-order chi connectivity index (χ1) is 15.2. The second-order valence-electron chi connectivity index (χ2n) is 8.39. The van der Waals surface area contributed by atoms with E-state index in [4.69, 9.17) is 0 Å². The van der Waals surface area contributed by atoms with Crippen LogP contribution in [0.25, 0.3) is 0 Å². The minimum absolute atomic E-state index is 0.175. The van der Waals surface area contributed by atoms with Crippen LogP contribution in [0.4, 0.5) is 5.82 Å². The van der Waals surface area contributed by atoms with Crippen LogP contribution < -0.4 is 15.8 Å². The lowest BCUT2D eigenvalue weighted by Crippen LogP contribution is -2.48. The Hall–Kier alpha value is -3.42. The summed E-state index contributed by atoms with van der Waals surface area (Å²) in [6.07, 6.45) is 9.05. The van der Waals surface area contributed by atoms with Gasteiger partial charge >= 0.3 is 0 Å². The minimum Gasteiger partial charge on any atom is -0.356 e. The molecule has 1 saturated heterocycles. The van der Waals surface area contributed by atoms with Crippen molar-refractivity contribution in [2.24, 2.45) is 5.92 Å². The first kappa shape index (κ1) is 19.5. The average molecular weight is 419 g/mol. The molecule has 2 bridgehead atoms. The van der Waals surface area contributed by atoms with Gasteiger partial charge in [0.2, 0.25) is 0 Å². The predicted octanol–water partition coefficient (Wildman–Crippen LogP) is 1.88. The third kappa shape index (κ3) is 3.97. The molecule has 0 spiro atoms. The summed E-state index contributed by atoms with van der Waals surface area (Å²) in [6.45, 7) is 3.66. The summed E-state index contributed by atoms with van der Waals surface area (Å²) in [5, 5.41) is 2.89. The van der Waals surface area contributed by atoms with Gasteiger partial charge in [-0.05, 0) is 43.0 Å². The van der Waals surface area contributed by atoms with E-state index >= 15 is 0 Å². The van der Waals surface area contributed by atoms with Gasteiger partial charge in [-0.1, -0.05) is 6.07 Å². The van der Waals surface area contributed by atoms with Crippen molar-refractivity contribution in [3.63, 3.8) is 0 Å². The molecule has 0 saturated carbocycles. The van der Waals surface area contributed by atoms with E-state index in [2.05, 4.69) is 20.2 Å².